The van der Waals surface area contributed by atoms with Gasteiger partial charge >= 0.3 is 0 Å². The van der Waals surface area contributed by atoms with Crippen LogP contribution in [0.4, 0.5) is 0 Å². The van der Waals surface area contributed by atoms with Gasteiger partial charge in [-0.2, -0.15) is 0 Å². The Hall–Kier alpha value is 0.0300. The number of rotatable bonds is 9. The van der Waals surface area contributed by atoms with E-state index >= 15 is 0 Å². The van der Waals surface area contributed by atoms with Crippen LogP contribution in [0.1, 0.15) is 66.2 Å². The monoisotopic (exact) mass is 244 g/mol. The van der Waals surface area contributed by atoms with Crippen molar-refractivity contribution in [1.82, 2.24) is 0 Å². The molecule has 0 spiro atoms. The second-order valence-corrected chi connectivity index (χ2v) is 5.84. The van der Waals surface area contributed by atoms with Crippen LogP contribution in [0.2, 0.25) is 0 Å². The molecule has 1 atom stereocenters. The van der Waals surface area contributed by atoms with Gasteiger partial charge in [0, 0.05) is 5.88 Å². The van der Waals surface area contributed by atoms with Gasteiger partial charge in [0.25, 0.3) is 0 Å². The molecular formula is C15H29Cl. The lowest BCUT2D eigenvalue weighted by molar-refractivity contribution is 0.427. The van der Waals surface area contributed by atoms with Crippen molar-refractivity contribution in [1.29, 1.82) is 0 Å². The lowest BCUT2D eigenvalue weighted by Gasteiger charge is -2.12. The molecular weight excluding hydrogens is 216 g/mol. The summed E-state index contributed by atoms with van der Waals surface area (Å²) in [5, 5.41) is 0. The van der Waals surface area contributed by atoms with Crippen LogP contribution in [0.3, 0.4) is 0 Å². The molecule has 0 bridgehead atoms. The largest absolute Gasteiger partial charge is 0.122 e. The Morgan fingerprint density at radius 3 is 2.25 bits per heavy atom. The van der Waals surface area contributed by atoms with E-state index in [0.717, 1.165) is 11.8 Å². The quantitative estimate of drug-likeness (QED) is 0.355. The van der Waals surface area contributed by atoms with Crippen LogP contribution >= 0.6 is 11.6 Å². The van der Waals surface area contributed by atoms with E-state index in [9.17, 15) is 0 Å². The molecule has 16 heavy (non-hydrogen) atoms. The second-order valence-electron chi connectivity index (χ2n) is 5.53. The number of hydrogen-bond acceptors (Lipinski definition) is 0. The Labute approximate surface area is 107 Å². The van der Waals surface area contributed by atoms with Crippen molar-refractivity contribution in [2.45, 2.75) is 66.2 Å². The molecule has 1 unspecified atom stereocenters. The average Bonchev–Trinajstić information content (AvgIpc) is 2.17. The molecule has 0 amide bonds. The van der Waals surface area contributed by atoms with Crippen molar-refractivity contribution in [2.24, 2.45) is 11.8 Å². The van der Waals surface area contributed by atoms with Crippen molar-refractivity contribution in [3.05, 3.63) is 11.6 Å². The number of hydrogen-bond donors (Lipinski definition) is 0. The van der Waals surface area contributed by atoms with Gasteiger partial charge < -0.3 is 0 Å². The van der Waals surface area contributed by atoms with Gasteiger partial charge in [-0.25, -0.2) is 0 Å². The first-order valence-corrected chi connectivity index (χ1v) is 7.31. The van der Waals surface area contributed by atoms with Crippen LogP contribution in [-0.2, 0) is 0 Å². The Bertz CT molecular complexity index is 182. The van der Waals surface area contributed by atoms with Crippen LogP contribution in [0.25, 0.3) is 0 Å². The summed E-state index contributed by atoms with van der Waals surface area (Å²) >= 11 is 5.66. The maximum absolute atomic E-state index is 5.66. The lowest BCUT2D eigenvalue weighted by atomic mass is 9.94. The Kier molecular flexibility index (Phi) is 10.2. The van der Waals surface area contributed by atoms with E-state index in [1.165, 1.54) is 44.1 Å². The van der Waals surface area contributed by atoms with Gasteiger partial charge in [-0.3, -0.25) is 0 Å². The Morgan fingerprint density at radius 2 is 1.69 bits per heavy atom. The minimum Gasteiger partial charge on any atom is -0.122 e. The molecule has 0 fully saturated rings. The zero-order chi connectivity index (χ0) is 12.4. The summed E-state index contributed by atoms with van der Waals surface area (Å²) in [5.41, 5.74) is 1.45. The minimum absolute atomic E-state index is 0.662. The SMILES string of the molecule is C/C(=C\CCl)CCCC(C)CCCC(C)C. The fourth-order valence-corrected chi connectivity index (χ4v) is 2.25. The summed E-state index contributed by atoms with van der Waals surface area (Å²) in [4.78, 5) is 0. The Balaban J connectivity index is 3.43. The fourth-order valence-electron chi connectivity index (χ4n) is 1.98. The lowest BCUT2D eigenvalue weighted by Crippen LogP contribution is -1.97. The molecule has 0 N–H and O–H groups in total. The van der Waals surface area contributed by atoms with E-state index in [1.807, 2.05) is 0 Å². The predicted molar refractivity (Wildman–Crippen MR) is 76.2 cm³/mol. The van der Waals surface area contributed by atoms with Crippen LogP contribution in [0.5, 0.6) is 0 Å². The van der Waals surface area contributed by atoms with Gasteiger partial charge in [-0.05, 0) is 31.6 Å². The molecule has 0 saturated carbocycles. The van der Waals surface area contributed by atoms with Crippen LogP contribution in [0, 0.1) is 11.8 Å². The van der Waals surface area contributed by atoms with Crippen molar-refractivity contribution in [3.8, 4) is 0 Å². The fraction of sp³-hybridized carbons (Fsp3) is 0.867. The molecule has 0 rings (SSSR count). The number of alkyl halides is 1. The van der Waals surface area contributed by atoms with Gasteiger partial charge in [-0.1, -0.05) is 58.1 Å². The zero-order valence-electron chi connectivity index (χ0n) is 11.6. The molecule has 1 heteroatoms. The van der Waals surface area contributed by atoms with Crippen LogP contribution in [-0.4, -0.2) is 5.88 Å². The van der Waals surface area contributed by atoms with E-state index in [2.05, 4.69) is 33.8 Å². The molecule has 0 aliphatic heterocycles. The third-order valence-electron chi connectivity index (χ3n) is 3.17. The van der Waals surface area contributed by atoms with Crippen LogP contribution in [0.15, 0.2) is 11.6 Å². The van der Waals surface area contributed by atoms with Crippen molar-refractivity contribution in [3.63, 3.8) is 0 Å². The molecule has 0 saturated heterocycles. The molecule has 0 heterocycles. The first kappa shape index (κ1) is 16.0. The molecule has 0 radical (unpaired) electrons. The highest BCUT2D eigenvalue weighted by Crippen LogP contribution is 2.18. The minimum atomic E-state index is 0.662. The second kappa shape index (κ2) is 10.2. The van der Waals surface area contributed by atoms with Crippen molar-refractivity contribution >= 4 is 11.6 Å². The summed E-state index contributed by atoms with van der Waals surface area (Å²) in [6.45, 7) is 9.20. The molecule has 0 aromatic rings. The zero-order valence-corrected chi connectivity index (χ0v) is 12.3. The average molecular weight is 245 g/mol. The van der Waals surface area contributed by atoms with Crippen molar-refractivity contribution in [2.75, 3.05) is 5.88 Å². The van der Waals surface area contributed by atoms with E-state index in [-0.39, 0.29) is 0 Å². The normalized spacial score (nSPS) is 14.5. The van der Waals surface area contributed by atoms with E-state index in [4.69, 9.17) is 11.6 Å². The predicted octanol–water partition coefficient (Wildman–Crippen LogP) is 5.80. The summed E-state index contributed by atoms with van der Waals surface area (Å²) in [7, 11) is 0. The highest BCUT2D eigenvalue weighted by molar-refractivity contribution is 6.18. The molecule has 0 aromatic carbocycles. The summed E-state index contributed by atoms with van der Waals surface area (Å²) in [6.07, 6.45) is 10.2. The van der Waals surface area contributed by atoms with Gasteiger partial charge in [0.15, 0.2) is 0 Å². The molecule has 0 aliphatic rings. The van der Waals surface area contributed by atoms with E-state index in [1.54, 1.807) is 0 Å². The highest BCUT2D eigenvalue weighted by Gasteiger charge is 2.03. The summed E-state index contributed by atoms with van der Waals surface area (Å²) in [6, 6.07) is 0. The van der Waals surface area contributed by atoms with Crippen molar-refractivity contribution < 1.29 is 0 Å². The summed E-state index contributed by atoms with van der Waals surface area (Å²) in [5.74, 6) is 2.42. The first-order chi connectivity index (χ1) is 7.56. The molecule has 0 nitrogen and oxygen atoms in total. The maximum Gasteiger partial charge on any atom is 0.0406 e. The van der Waals surface area contributed by atoms with Gasteiger partial charge in [0.2, 0.25) is 0 Å². The van der Waals surface area contributed by atoms with E-state index < -0.39 is 0 Å². The molecule has 0 aromatic heterocycles. The number of allylic oxidation sites excluding steroid dienone is 2. The maximum atomic E-state index is 5.66. The van der Waals surface area contributed by atoms with Gasteiger partial charge in [0.05, 0.1) is 0 Å². The van der Waals surface area contributed by atoms with Gasteiger partial charge in [0.1, 0.15) is 0 Å². The number of halogens is 1. The smallest absolute Gasteiger partial charge is 0.0406 e. The van der Waals surface area contributed by atoms with Crippen LogP contribution < -0.4 is 0 Å². The Morgan fingerprint density at radius 1 is 1.06 bits per heavy atom. The topological polar surface area (TPSA) is 0 Å². The summed E-state index contributed by atoms with van der Waals surface area (Å²) < 4.78 is 0. The standard InChI is InChI=1S/C15H29Cl/c1-13(2)7-5-8-14(3)9-6-10-15(4)11-12-16/h11,13-14H,5-10,12H2,1-4H3/b15-11+. The third kappa shape index (κ3) is 10.5. The third-order valence-corrected chi connectivity index (χ3v) is 3.33. The molecule has 96 valence electrons. The highest BCUT2D eigenvalue weighted by atomic mass is 35.5. The molecule has 0 aliphatic carbocycles. The van der Waals surface area contributed by atoms with E-state index in [0.29, 0.717) is 5.88 Å². The first-order valence-electron chi connectivity index (χ1n) is 6.77. The van der Waals surface area contributed by atoms with Gasteiger partial charge in [-0.15, -0.1) is 11.6 Å².